The number of carboxylic acid groups (broad SMARTS) is 1. The Kier molecular flexibility index (Phi) is 5.57. The maximum absolute atomic E-state index is 11.2. The fraction of sp³-hybridized carbons (Fsp3) is 0.286. The SMILES string of the molecule is O=C(O)[C@H]1O[C@@H](Oc2ccc(C3C=Cc4c(O)cc(O)cc4[OH+]3)cc2O)[C@H](O)[C@H](O)[C@@H]1O. The Balaban J connectivity index is 1.52. The quantitative estimate of drug-likeness (QED) is 0.315. The zero-order chi connectivity index (χ0) is 23.2. The van der Waals surface area contributed by atoms with Gasteiger partial charge < -0.3 is 50.0 Å². The minimum absolute atomic E-state index is 0.122. The summed E-state index contributed by atoms with van der Waals surface area (Å²) in [6.45, 7) is 0. The number of aliphatic hydroxyl groups excluding tert-OH is 3. The topological polar surface area (TPSA) is 190 Å². The highest BCUT2D eigenvalue weighted by Gasteiger charge is 2.48. The molecule has 0 radical (unpaired) electrons. The van der Waals surface area contributed by atoms with Crippen LogP contribution in [0.15, 0.2) is 36.4 Å². The first-order valence-electron chi connectivity index (χ1n) is 9.52. The molecular weight excluding hydrogens is 428 g/mol. The standard InChI is InChI=1S/C21H20O11/c22-9-6-11(23)10-2-4-13(30-15(10)7-9)8-1-3-14(12(24)5-8)31-21-18(27)16(25)17(26)19(32-21)20(28)29/h1-7,13,16-19,21-27H,(H,28,29)/p+1/t13?,16-,17+,18-,19+,21-/m1/s1. The summed E-state index contributed by atoms with van der Waals surface area (Å²) in [7, 11) is 0. The molecule has 2 aromatic rings. The predicted octanol–water partition coefficient (Wildman–Crippen LogP) is 0.0838. The fourth-order valence-corrected chi connectivity index (χ4v) is 3.54. The van der Waals surface area contributed by atoms with Gasteiger partial charge in [0.2, 0.25) is 12.4 Å². The number of carbonyl (C=O) groups is 1. The first kappa shape index (κ1) is 21.7. The molecule has 0 saturated carbocycles. The number of ether oxygens (including phenoxy) is 3. The summed E-state index contributed by atoms with van der Waals surface area (Å²) in [4.78, 5) is 11.2. The highest BCUT2D eigenvalue weighted by molar-refractivity contribution is 5.73. The van der Waals surface area contributed by atoms with Gasteiger partial charge >= 0.3 is 5.97 Å². The minimum Gasteiger partial charge on any atom is -0.574 e. The number of rotatable bonds is 4. The molecule has 2 aromatic carbocycles. The lowest BCUT2D eigenvalue weighted by atomic mass is 9.99. The minimum atomic E-state index is -1.86. The number of aromatic hydroxyl groups is 4. The van der Waals surface area contributed by atoms with E-state index in [2.05, 4.69) is 4.74 Å². The molecule has 0 aromatic heterocycles. The van der Waals surface area contributed by atoms with E-state index in [1.54, 1.807) is 18.2 Å². The molecule has 4 rings (SSSR count). The number of phenols is 3. The largest absolute Gasteiger partial charge is 0.574 e. The van der Waals surface area contributed by atoms with Gasteiger partial charge in [-0.25, -0.2) is 4.79 Å². The second-order valence-corrected chi connectivity index (χ2v) is 7.41. The lowest BCUT2D eigenvalue weighted by Gasteiger charge is -2.38. The molecule has 11 heteroatoms. The molecule has 2 aliphatic heterocycles. The Bertz CT molecular complexity index is 1070. The van der Waals surface area contributed by atoms with Crippen molar-refractivity contribution in [2.45, 2.75) is 36.8 Å². The molecule has 2 aliphatic rings. The van der Waals surface area contributed by atoms with Gasteiger partial charge in [-0.1, -0.05) is 0 Å². The molecule has 0 spiro atoms. The molecule has 32 heavy (non-hydrogen) atoms. The van der Waals surface area contributed by atoms with Gasteiger partial charge in [0, 0.05) is 12.1 Å². The van der Waals surface area contributed by atoms with Crippen molar-refractivity contribution in [1.29, 1.82) is 0 Å². The average molecular weight is 449 g/mol. The number of phenolic OH excluding ortho intramolecular Hbond substituents is 3. The van der Waals surface area contributed by atoms with Crippen LogP contribution in [-0.4, -0.2) is 77.2 Å². The zero-order valence-corrected chi connectivity index (χ0v) is 16.3. The monoisotopic (exact) mass is 449 g/mol. The van der Waals surface area contributed by atoms with Crippen LogP contribution in [0.2, 0.25) is 0 Å². The Morgan fingerprint density at radius 1 is 0.969 bits per heavy atom. The van der Waals surface area contributed by atoms with E-state index >= 15 is 0 Å². The van der Waals surface area contributed by atoms with Gasteiger partial charge in [-0.3, -0.25) is 0 Å². The van der Waals surface area contributed by atoms with Crippen LogP contribution in [0, 0.1) is 0 Å². The van der Waals surface area contributed by atoms with Gasteiger partial charge in [0.05, 0.1) is 11.6 Å². The molecule has 1 fully saturated rings. The molecule has 2 heterocycles. The Hall–Kier alpha value is -3.51. The van der Waals surface area contributed by atoms with Gasteiger partial charge in [-0.2, -0.15) is 0 Å². The second kappa shape index (κ2) is 8.20. The summed E-state index contributed by atoms with van der Waals surface area (Å²) in [6.07, 6.45) is -6.20. The van der Waals surface area contributed by atoms with Crippen molar-refractivity contribution in [2.75, 3.05) is 0 Å². The van der Waals surface area contributed by atoms with Gasteiger partial charge in [0.1, 0.15) is 35.4 Å². The zero-order valence-electron chi connectivity index (χ0n) is 16.3. The Morgan fingerprint density at radius 2 is 1.72 bits per heavy atom. The third-order valence-corrected chi connectivity index (χ3v) is 5.23. The van der Waals surface area contributed by atoms with E-state index in [9.17, 15) is 35.4 Å². The fourth-order valence-electron chi connectivity index (χ4n) is 3.54. The smallest absolute Gasteiger partial charge is 0.335 e. The van der Waals surface area contributed by atoms with Crippen LogP contribution >= 0.6 is 0 Å². The van der Waals surface area contributed by atoms with Crippen LogP contribution in [0.1, 0.15) is 17.2 Å². The van der Waals surface area contributed by atoms with E-state index in [0.29, 0.717) is 16.9 Å². The molecule has 0 aliphatic carbocycles. The van der Waals surface area contributed by atoms with E-state index in [0.717, 1.165) is 0 Å². The summed E-state index contributed by atoms with van der Waals surface area (Å²) >= 11 is 0. The number of aliphatic carboxylic acids is 1. The van der Waals surface area contributed by atoms with Crippen molar-refractivity contribution >= 4 is 12.0 Å². The first-order chi connectivity index (χ1) is 15.2. The van der Waals surface area contributed by atoms with E-state index in [-0.39, 0.29) is 23.0 Å². The van der Waals surface area contributed by atoms with Crippen molar-refractivity contribution in [3.63, 3.8) is 0 Å². The summed E-state index contributed by atoms with van der Waals surface area (Å²) in [5.74, 6) is -2.01. The predicted molar refractivity (Wildman–Crippen MR) is 106 cm³/mol. The normalized spacial score (nSPS) is 29.1. The second-order valence-electron chi connectivity index (χ2n) is 7.41. The maximum Gasteiger partial charge on any atom is 0.335 e. The molecule has 0 amide bonds. The Labute approximate surface area is 180 Å². The van der Waals surface area contributed by atoms with Gasteiger partial charge in [-0.15, -0.1) is 0 Å². The number of carboxylic acids is 1. The highest BCUT2D eigenvalue weighted by Crippen LogP contribution is 2.42. The molecule has 8 N–H and O–H groups in total. The van der Waals surface area contributed by atoms with Crippen molar-refractivity contribution < 1.29 is 54.8 Å². The van der Waals surface area contributed by atoms with Gasteiger partial charge in [-0.05, 0) is 24.3 Å². The average Bonchev–Trinajstić information content (AvgIpc) is 2.74. The third kappa shape index (κ3) is 3.89. The molecule has 1 unspecified atom stereocenters. The van der Waals surface area contributed by atoms with Crippen LogP contribution in [-0.2, 0) is 9.53 Å². The van der Waals surface area contributed by atoms with Crippen LogP contribution in [0.4, 0.5) is 0 Å². The lowest BCUT2D eigenvalue weighted by molar-refractivity contribution is -0.271. The number of hydrogen-bond donors (Lipinski definition) is 7. The van der Waals surface area contributed by atoms with Crippen LogP contribution < -0.4 is 4.74 Å². The van der Waals surface area contributed by atoms with Crippen molar-refractivity contribution in [3.8, 4) is 28.7 Å². The van der Waals surface area contributed by atoms with Crippen LogP contribution in [0.5, 0.6) is 28.7 Å². The van der Waals surface area contributed by atoms with Crippen LogP contribution in [0.25, 0.3) is 6.08 Å². The summed E-state index contributed by atoms with van der Waals surface area (Å²) in [6, 6.07) is 6.81. The van der Waals surface area contributed by atoms with E-state index in [1.165, 1.54) is 24.3 Å². The molecule has 11 nitrogen and oxygen atoms in total. The van der Waals surface area contributed by atoms with Gasteiger partial charge in [0.25, 0.3) is 5.75 Å². The highest BCUT2D eigenvalue weighted by atomic mass is 16.7. The van der Waals surface area contributed by atoms with Crippen molar-refractivity contribution in [3.05, 3.63) is 47.5 Å². The molecule has 170 valence electrons. The maximum atomic E-state index is 11.2. The summed E-state index contributed by atoms with van der Waals surface area (Å²) < 4.78 is 14.8. The number of benzene rings is 2. The molecular formula is C21H21O11+. The first-order valence-corrected chi connectivity index (χ1v) is 9.52. The lowest BCUT2D eigenvalue weighted by Crippen LogP contribution is -2.61. The molecule has 6 atom stereocenters. The van der Waals surface area contributed by atoms with Crippen molar-refractivity contribution in [1.82, 2.24) is 0 Å². The van der Waals surface area contributed by atoms with Crippen molar-refractivity contribution in [2.24, 2.45) is 0 Å². The number of aliphatic hydroxyl groups is 4. The van der Waals surface area contributed by atoms with E-state index in [4.69, 9.17) is 14.6 Å². The summed E-state index contributed by atoms with van der Waals surface area (Å²) in [5.41, 5.74) is 0.976. The van der Waals surface area contributed by atoms with E-state index < -0.39 is 42.8 Å². The number of hydrogen-bond acceptors (Lipinski definition) is 9. The van der Waals surface area contributed by atoms with Gasteiger partial charge in [0.15, 0.2) is 17.6 Å². The summed E-state index contributed by atoms with van der Waals surface area (Å²) in [5, 5.41) is 68.7. The third-order valence-electron chi connectivity index (χ3n) is 5.23. The molecule has 0 bridgehead atoms. The Morgan fingerprint density at radius 3 is 2.41 bits per heavy atom. The van der Waals surface area contributed by atoms with Crippen LogP contribution in [0.3, 0.4) is 0 Å². The molecule has 1 saturated heterocycles. The van der Waals surface area contributed by atoms with E-state index in [1.807, 2.05) is 0 Å². The number of fused-ring (bicyclic) bond motifs is 1.